The van der Waals surface area contributed by atoms with Gasteiger partial charge < -0.3 is 28.1 Å². The molecule has 2 aliphatic heterocycles. The van der Waals surface area contributed by atoms with Gasteiger partial charge in [-0.05, 0) is 45.8 Å². The second-order valence-corrected chi connectivity index (χ2v) is 15.4. The lowest BCUT2D eigenvalue weighted by Crippen LogP contribution is -2.53. The molecule has 29 heavy (non-hydrogen) atoms. The van der Waals surface area contributed by atoms with Gasteiger partial charge in [0, 0.05) is 5.92 Å². The van der Waals surface area contributed by atoms with Crippen LogP contribution in [0.2, 0.25) is 18.1 Å². The van der Waals surface area contributed by atoms with Crippen molar-refractivity contribution in [2.75, 3.05) is 13.7 Å². The highest BCUT2D eigenvalue weighted by Gasteiger charge is 2.54. The van der Waals surface area contributed by atoms with Gasteiger partial charge >= 0.3 is 5.97 Å². The first-order chi connectivity index (χ1) is 13.0. The molecule has 0 unspecified atom stereocenters. The van der Waals surface area contributed by atoms with Gasteiger partial charge in [0.15, 0.2) is 26.0 Å². The van der Waals surface area contributed by atoms with Crippen molar-refractivity contribution in [3.05, 3.63) is 0 Å². The molecule has 0 aromatic rings. The zero-order chi connectivity index (χ0) is 22.4. The largest absolute Gasteiger partial charge is 0.467 e. The van der Waals surface area contributed by atoms with Crippen molar-refractivity contribution in [1.29, 1.82) is 0 Å². The van der Waals surface area contributed by atoms with Gasteiger partial charge in [0.05, 0.1) is 19.8 Å². The van der Waals surface area contributed by atoms with Crippen LogP contribution in [0.1, 0.15) is 55.4 Å². The monoisotopic (exact) mass is 432 g/mol. The second-order valence-electron chi connectivity index (χ2n) is 10.6. The van der Waals surface area contributed by atoms with Gasteiger partial charge in [-0.2, -0.15) is 0 Å². The maximum atomic E-state index is 12.4. The summed E-state index contributed by atoms with van der Waals surface area (Å²) in [4.78, 5) is 12.4. The van der Waals surface area contributed by atoms with Gasteiger partial charge in [0.25, 0.3) is 0 Å². The van der Waals surface area contributed by atoms with Crippen LogP contribution in [0.15, 0.2) is 0 Å². The number of hydrogen-bond donors (Lipinski definition) is 0. The molecule has 0 aliphatic carbocycles. The van der Waals surface area contributed by atoms with E-state index in [0.717, 1.165) is 0 Å². The fourth-order valence-corrected chi connectivity index (χ4v) is 4.97. The molecule has 5 atom stereocenters. The van der Waals surface area contributed by atoms with Crippen molar-refractivity contribution in [3.63, 3.8) is 0 Å². The number of carbonyl (C=O) groups is 1. The number of ether oxygens (including phenoxy) is 5. The number of methoxy groups -OCH3 is 1. The van der Waals surface area contributed by atoms with E-state index in [2.05, 4.69) is 33.9 Å². The normalized spacial score (nSPS) is 31.5. The smallest absolute Gasteiger partial charge is 0.337 e. The molecule has 0 amide bonds. The van der Waals surface area contributed by atoms with Crippen LogP contribution in [0, 0.1) is 5.92 Å². The fraction of sp³-hybridized carbons (Fsp3) is 0.952. The van der Waals surface area contributed by atoms with Crippen LogP contribution in [0.3, 0.4) is 0 Å². The summed E-state index contributed by atoms with van der Waals surface area (Å²) in [6, 6.07) is 0. The van der Waals surface area contributed by atoms with Gasteiger partial charge in [-0.15, -0.1) is 0 Å². The summed E-state index contributed by atoms with van der Waals surface area (Å²) >= 11 is 0. The minimum absolute atomic E-state index is 0.0218. The molecule has 0 saturated carbocycles. The van der Waals surface area contributed by atoms with Crippen molar-refractivity contribution >= 4 is 14.3 Å². The van der Waals surface area contributed by atoms with Crippen LogP contribution in [0.5, 0.6) is 0 Å². The van der Waals surface area contributed by atoms with Crippen molar-refractivity contribution in [1.82, 2.24) is 0 Å². The number of rotatable bonds is 6. The number of hydrogen-bond acceptors (Lipinski definition) is 7. The molecule has 2 heterocycles. The van der Waals surface area contributed by atoms with E-state index in [1.54, 1.807) is 13.8 Å². The third-order valence-electron chi connectivity index (χ3n) is 6.23. The maximum absolute atomic E-state index is 12.4. The zero-order valence-corrected chi connectivity index (χ0v) is 21.0. The summed E-state index contributed by atoms with van der Waals surface area (Å²) in [5, 5.41) is 0.0218. The zero-order valence-electron chi connectivity index (χ0n) is 20.0. The summed E-state index contributed by atoms with van der Waals surface area (Å²) in [6.07, 6.45) is -1.91. The molecule has 2 saturated heterocycles. The Balaban J connectivity index is 2.35. The van der Waals surface area contributed by atoms with E-state index in [9.17, 15) is 4.79 Å². The Labute approximate surface area is 176 Å². The molecule has 0 N–H and O–H groups in total. The van der Waals surface area contributed by atoms with Gasteiger partial charge in [0.2, 0.25) is 0 Å². The molecule has 0 radical (unpaired) electrons. The number of carbonyl (C=O) groups excluding carboxylic acids is 1. The molecule has 2 rings (SSSR count). The summed E-state index contributed by atoms with van der Waals surface area (Å²) < 4.78 is 35.8. The first-order valence-corrected chi connectivity index (χ1v) is 13.3. The quantitative estimate of drug-likeness (QED) is 0.466. The first kappa shape index (κ1) is 24.8. The Bertz CT molecular complexity index is 596. The highest BCUT2D eigenvalue weighted by atomic mass is 28.4. The van der Waals surface area contributed by atoms with E-state index in [-0.39, 0.29) is 23.2 Å². The Kier molecular flexibility index (Phi) is 7.00. The highest BCUT2D eigenvalue weighted by molar-refractivity contribution is 6.74. The lowest BCUT2D eigenvalue weighted by atomic mass is 9.91. The van der Waals surface area contributed by atoms with Crippen LogP contribution in [0.4, 0.5) is 0 Å². The third kappa shape index (κ3) is 5.60. The van der Waals surface area contributed by atoms with Crippen LogP contribution >= 0.6 is 0 Å². The predicted molar refractivity (Wildman–Crippen MR) is 112 cm³/mol. The molecule has 2 fully saturated rings. The van der Waals surface area contributed by atoms with Crippen LogP contribution in [-0.4, -0.2) is 64.0 Å². The Morgan fingerprint density at radius 2 is 1.66 bits per heavy atom. The summed E-state index contributed by atoms with van der Waals surface area (Å²) in [5.41, 5.74) is 0. The summed E-state index contributed by atoms with van der Waals surface area (Å²) in [7, 11) is -0.777. The lowest BCUT2D eigenvalue weighted by molar-refractivity contribution is -0.171. The van der Waals surface area contributed by atoms with Crippen molar-refractivity contribution < 1.29 is 32.9 Å². The summed E-state index contributed by atoms with van der Waals surface area (Å²) in [6.45, 7) is 20.9. The van der Waals surface area contributed by atoms with Gasteiger partial charge in [0.1, 0.15) is 12.2 Å². The molecular formula is C21H40O7Si. The molecule has 0 aromatic carbocycles. The molecule has 0 aromatic heterocycles. The SMILES string of the molecule is COC(=O)[C@H]1OC(C)(C)O[C@@H]1[C@@H](C)[C@@H](O[Si](C)(C)C(C)(C)C)[C@H]1COC(C)(C)O1. The van der Waals surface area contributed by atoms with Crippen molar-refractivity contribution in [2.24, 2.45) is 5.92 Å². The molecule has 170 valence electrons. The Morgan fingerprint density at radius 1 is 1.07 bits per heavy atom. The molecule has 2 aliphatic rings. The molecule has 0 bridgehead atoms. The molecule has 0 spiro atoms. The molecule has 8 heteroatoms. The van der Waals surface area contributed by atoms with Gasteiger partial charge in [-0.3, -0.25) is 0 Å². The average Bonchev–Trinajstić information content (AvgIpc) is 3.09. The van der Waals surface area contributed by atoms with E-state index in [0.29, 0.717) is 6.61 Å². The van der Waals surface area contributed by atoms with Crippen molar-refractivity contribution in [3.8, 4) is 0 Å². The highest BCUT2D eigenvalue weighted by Crippen LogP contribution is 2.42. The predicted octanol–water partition coefficient (Wildman–Crippen LogP) is 3.86. The van der Waals surface area contributed by atoms with E-state index < -0.39 is 38.1 Å². The standard InChI is InChI=1S/C21H40O7Si/c1-13(16-17(18(22)23-9)27-21(7,8)26-16)15(14-12-24-20(5,6)25-14)28-29(10,11)19(2,3)4/h13-17H,12H2,1-11H3/t13-,14+,15+,16+,17-/m0/s1. The number of esters is 1. The van der Waals surface area contributed by atoms with E-state index in [1.807, 2.05) is 20.8 Å². The fourth-order valence-electron chi connectivity index (χ4n) is 3.57. The van der Waals surface area contributed by atoms with Crippen LogP contribution < -0.4 is 0 Å². The third-order valence-corrected chi connectivity index (χ3v) is 10.7. The van der Waals surface area contributed by atoms with E-state index in [1.165, 1.54) is 7.11 Å². The molecule has 7 nitrogen and oxygen atoms in total. The average molecular weight is 433 g/mol. The molecular weight excluding hydrogens is 392 g/mol. The lowest BCUT2D eigenvalue weighted by Gasteiger charge is -2.43. The Morgan fingerprint density at radius 3 is 2.10 bits per heavy atom. The van der Waals surface area contributed by atoms with Gasteiger partial charge in [-0.1, -0.05) is 27.7 Å². The summed E-state index contributed by atoms with van der Waals surface area (Å²) in [5.74, 6) is -2.18. The van der Waals surface area contributed by atoms with Gasteiger partial charge in [-0.25, -0.2) is 4.79 Å². The minimum atomic E-state index is -2.14. The topological polar surface area (TPSA) is 72.5 Å². The minimum Gasteiger partial charge on any atom is -0.467 e. The van der Waals surface area contributed by atoms with E-state index in [4.69, 9.17) is 28.1 Å². The van der Waals surface area contributed by atoms with Crippen LogP contribution in [0.25, 0.3) is 0 Å². The Hall–Kier alpha value is -0.513. The van der Waals surface area contributed by atoms with Crippen molar-refractivity contribution in [2.45, 2.75) is 110 Å². The second kappa shape index (κ2) is 8.20. The van der Waals surface area contributed by atoms with E-state index >= 15 is 0 Å². The maximum Gasteiger partial charge on any atom is 0.337 e. The van der Waals surface area contributed by atoms with Crippen LogP contribution in [-0.2, 0) is 32.9 Å². The first-order valence-electron chi connectivity index (χ1n) is 10.4.